The predicted molar refractivity (Wildman–Crippen MR) is 62.2 cm³/mol. The largest absolute Gasteiger partial charge is 0.457 e. The number of nitrogens with two attached hydrogens (primary N) is 1. The number of aromatic nitrogens is 1. The van der Waals surface area contributed by atoms with E-state index in [2.05, 4.69) is 4.98 Å². The molecule has 0 radical (unpaired) electrons. The summed E-state index contributed by atoms with van der Waals surface area (Å²) in [7, 11) is 0. The molecule has 0 bridgehead atoms. The first-order valence-corrected chi connectivity index (χ1v) is 4.89. The average molecular weight is 218 g/mol. The summed E-state index contributed by atoms with van der Waals surface area (Å²) in [6, 6.07) is 3.75. The van der Waals surface area contributed by atoms with Crippen LogP contribution in [-0.2, 0) is 9.53 Å². The Labute approximate surface area is 94.4 Å². The second-order valence-corrected chi connectivity index (χ2v) is 3.03. The van der Waals surface area contributed by atoms with Crippen molar-refractivity contribution in [1.82, 2.24) is 4.98 Å². The third-order valence-corrected chi connectivity index (χ3v) is 1.85. The van der Waals surface area contributed by atoms with Gasteiger partial charge in [-0.3, -0.25) is 4.98 Å². The van der Waals surface area contributed by atoms with E-state index in [1.54, 1.807) is 25.4 Å². The molecule has 0 amide bonds. The molecule has 4 nitrogen and oxygen atoms in total. The Bertz CT molecular complexity index is 397. The minimum atomic E-state index is -0.502. The summed E-state index contributed by atoms with van der Waals surface area (Å²) in [5.74, 6) is -0.502. The van der Waals surface area contributed by atoms with Gasteiger partial charge in [0.2, 0.25) is 0 Å². The number of esters is 1. The highest BCUT2D eigenvalue weighted by Gasteiger charge is 2.02. The lowest BCUT2D eigenvalue weighted by molar-refractivity contribution is -0.137. The van der Waals surface area contributed by atoms with Crippen LogP contribution in [0.2, 0.25) is 0 Å². The molecular weight excluding hydrogens is 204 g/mol. The maximum Gasteiger partial charge on any atom is 0.354 e. The Kier molecular flexibility index (Phi) is 4.79. The zero-order valence-electron chi connectivity index (χ0n) is 9.09. The van der Waals surface area contributed by atoms with Crippen molar-refractivity contribution < 1.29 is 9.53 Å². The van der Waals surface area contributed by atoms with Crippen LogP contribution in [0.1, 0.15) is 12.5 Å². The van der Waals surface area contributed by atoms with Gasteiger partial charge in [0.1, 0.15) is 12.3 Å². The van der Waals surface area contributed by atoms with Gasteiger partial charge in [-0.25, -0.2) is 4.79 Å². The smallest absolute Gasteiger partial charge is 0.354 e. The summed E-state index contributed by atoms with van der Waals surface area (Å²) in [5.41, 5.74) is 6.44. The highest BCUT2D eigenvalue weighted by Crippen LogP contribution is 1.98. The van der Waals surface area contributed by atoms with Crippen LogP contribution in [0.15, 0.2) is 42.4 Å². The quantitative estimate of drug-likeness (QED) is 0.614. The van der Waals surface area contributed by atoms with Gasteiger partial charge in [-0.05, 0) is 24.6 Å². The van der Waals surface area contributed by atoms with E-state index >= 15 is 0 Å². The summed E-state index contributed by atoms with van der Waals surface area (Å²) in [6.07, 6.45) is 8.49. The summed E-state index contributed by atoms with van der Waals surface area (Å²) in [4.78, 5) is 15.1. The van der Waals surface area contributed by atoms with Crippen LogP contribution in [0, 0.1) is 0 Å². The molecule has 16 heavy (non-hydrogen) atoms. The Balaban J connectivity index is 2.37. The van der Waals surface area contributed by atoms with Gasteiger partial charge in [0.25, 0.3) is 0 Å². The van der Waals surface area contributed by atoms with Crippen LogP contribution in [0.4, 0.5) is 0 Å². The van der Waals surface area contributed by atoms with Gasteiger partial charge in [-0.15, -0.1) is 0 Å². The van der Waals surface area contributed by atoms with E-state index in [9.17, 15) is 4.79 Å². The molecule has 1 heterocycles. The Morgan fingerprint density at radius 2 is 2.44 bits per heavy atom. The normalized spacial score (nSPS) is 11.7. The highest BCUT2D eigenvalue weighted by molar-refractivity contribution is 5.87. The fourth-order valence-corrected chi connectivity index (χ4v) is 0.984. The lowest BCUT2D eigenvalue weighted by Crippen LogP contribution is -2.14. The van der Waals surface area contributed by atoms with Gasteiger partial charge in [0, 0.05) is 12.4 Å². The molecule has 0 spiro atoms. The topological polar surface area (TPSA) is 65.2 Å². The number of hydrogen-bond acceptors (Lipinski definition) is 4. The van der Waals surface area contributed by atoms with Crippen molar-refractivity contribution in [2.45, 2.75) is 6.92 Å². The third kappa shape index (κ3) is 3.96. The second-order valence-electron chi connectivity index (χ2n) is 3.03. The van der Waals surface area contributed by atoms with E-state index in [1.165, 1.54) is 6.08 Å². The summed E-state index contributed by atoms with van der Waals surface area (Å²) >= 11 is 0. The van der Waals surface area contributed by atoms with Crippen LogP contribution < -0.4 is 5.73 Å². The molecule has 0 aliphatic heterocycles. The van der Waals surface area contributed by atoms with E-state index in [1.807, 2.05) is 18.2 Å². The first-order valence-electron chi connectivity index (χ1n) is 4.89. The van der Waals surface area contributed by atoms with Crippen molar-refractivity contribution in [2.75, 3.05) is 6.61 Å². The number of nitrogens with zero attached hydrogens (tertiary/aromatic N) is 1. The summed E-state index contributed by atoms with van der Waals surface area (Å²) in [5, 5.41) is 0. The van der Waals surface area contributed by atoms with Crippen LogP contribution in [0.5, 0.6) is 0 Å². The van der Waals surface area contributed by atoms with Crippen LogP contribution in [0.25, 0.3) is 6.08 Å². The molecule has 0 saturated heterocycles. The molecule has 0 atom stereocenters. The van der Waals surface area contributed by atoms with Crippen molar-refractivity contribution in [2.24, 2.45) is 5.73 Å². The van der Waals surface area contributed by atoms with E-state index in [0.29, 0.717) is 0 Å². The molecule has 0 fully saturated rings. The highest BCUT2D eigenvalue weighted by atomic mass is 16.5. The SMILES string of the molecule is C/C=C(\N)C(=O)OCC=Cc1cccnc1. The monoisotopic (exact) mass is 218 g/mol. The van der Waals surface area contributed by atoms with E-state index in [4.69, 9.17) is 10.5 Å². The second kappa shape index (κ2) is 6.40. The zero-order chi connectivity index (χ0) is 11.8. The van der Waals surface area contributed by atoms with Crippen molar-refractivity contribution in [3.8, 4) is 0 Å². The van der Waals surface area contributed by atoms with Gasteiger partial charge in [0.15, 0.2) is 0 Å². The molecule has 0 unspecified atom stereocenters. The molecule has 2 N–H and O–H groups in total. The predicted octanol–water partition coefficient (Wildman–Crippen LogP) is 1.50. The van der Waals surface area contributed by atoms with Crippen LogP contribution in [0.3, 0.4) is 0 Å². The van der Waals surface area contributed by atoms with Gasteiger partial charge in [-0.2, -0.15) is 0 Å². The molecule has 0 saturated carbocycles. The maximum absolute atomic E-state index is 11.1. The van der Waals surface area contributed by atoms with Crippen LogP contribution >= 0.6 is 0 Å². The van der Waals surface area contributed by atoms with Crippen molar-refractivity contribution in [1.29, 1.82) is 0 Å². The lowest BCUT2D eigenvalue weighted by Gasteiger charge is -2.00. The number of allylic oxidation sites excluding steroid dienone is 1. The number of ether oxygens (including phenoxy) is 1. The number of carbonyl (C=O) groups excluding carboxylic acids is 1. The minimum Gasteiger partial charge on any atom is -0.457 e. The van der Waals surface area contributed by atoms with E-state index in [0.717, 1.165) is 5.56 Å². The minimum absolute atomic E-state index is 0.120. The first kappa shape index (κ1) is 12.0. The molecule has 0 aliphatic carbocycles. The molecule has 1 aromatic heterocycles. The average Bonchev–Trinajstić information content (AvgIpc) is 2.34. The van der Waals surface area contributed by atoms with Gasteiger partial charge >= 0.3 is 5.97 Å². The van der Waals surface area contributed by atoms with Gasteiger partial charge in [0.05, 0.1) is 0 Å². The summed E-state index contributed by atoms with van der Waals surface area (Å²) in [6.45, 7) is 1.88. The van der Waals surface area contributed by atoms with E-state index in [-0.39, 0.29) is 12.3 Å². The molecule has 4 heteroatoms. The van der Waals surface area contributed by atoms with Crippen molar-refractivity contribution in [3.05, 3.63) is 47.9 Å². The molecule has 1 aromatic rings. The maximum atomic E-state index is 11.1. The standard InChI is InChI=1S/C12H14N2O2/c1-2-11(13)12(15)16-8-4-6-10-5-3-7-14-9-10/h2-7,9H,8,13H2,1H3/b6-4?,11-2-. The van der Waals surface area contributed by atoms with Crippen molar-refractivity contribution >= 4 is 12.0 Å². The first-order chi connectivity index (χ1) is 7.74. The van der Waals surface area contributed by atoms with E-state index < -0.39 is 5.97 Å². The van der Waals surface area contributed by atoms with Crippen molar-refractivity contribution in [3.63, 3.8) is 0 Å². The molecule has 84 valence electrons. The Morgan fingerprint density at radius 3 is 3.06 bits per heavy atom. The number of pyridine rings is 1. The fourth-order valence-electron chi connectivity index (χ4n) is 0.984. The Morgan fingerprint density at radius 1 is 1.62 bits per heavy atom. The number of hydrogen-bond donors (Lipinski definition) is 1. The number of carbonyl (C=O) groups is 1. The Hall–Kier alpha value is -2.10. The lowest BCUT2D eigenvalue weighted by atomic mass is 10.3. The summed E-state index contributed by atoms with van der Waals surface area (Å²) < 4.78 is 4.88. The molecular formula is C12H14N2O2. The van der Waals surface area contributed by atoms with Crippen LogP contribution in [-0.4, -0.2) is 17.6 Å². The van der Waals surface area contributed by atoms with Gasteiger partial charge in [-0.1, -0.05) is 18.2 Å². The third-order valence-electron chi connectivity index (χ3n) is 1.85. The molecule has 1 rings (SSSR count). The molecule has 0 aliphatic rings. The number of rotatable bonds is 4. The zero-order valence-corrected chi connectivity index (χ0v) is 9.09. The fraction of sp³-hybridized carbons (Fsp3) is 0.167. The van der Waals surface area contributed by atoms with Gasteiger partial charge < -0.3 is 10.5 Å². The molecule has 0 aromatic carbocycles.